The van der Waals surface area contributed by atoms with Gasteiger partial charge in [-0.1, -0.05) is 60.7 Å². The Morgan fingerprint density at radius 3 is 1.33 bits per heavy atom. The van der Waals surface area contributed by atoms with Gasteiger partial charge in [0.15, 0.2) is 11.6 Å². The molecule has 3 heteroatoms. The quantitative estimate of drug-likeness (QED) is 0.490. The molecule has 0 fully saturated rings. The molecule has 0 aliphatic heterocycles. The maximum absolute atomic E-state index is 11.8. The molecule has 0 heterocycles. The molecule has 94 valence electrons. The van der Waals surface area contributed by atoms with Crippen LogP contribution in [0, 0.1) is 0 Å². The second kappa shape index (κ2) is 7.01. The van der Waals surface area contributed by atoms with E-state index in [1.807, 2.05) is 12.1 Å². The molecule has 2 aromatic rings. The van der Waals surface area contributed by atoms with E-state index >= 15 is 0 Å². The molecular weight excluding hydrogens is 319 g/mol. The Labute approximate surface area is 120 Å². The Hall–Kier alpha value is -1.56. The monoisotopic (exact) mass is 330 g/mol. The van der Waals surface area contributed by atoms with Gasteiger partial charge in [-0.25, -0.2) is 0 Å². The second-order valence-electron chi connectivity index (χ2n) is 3.76. The minimum absolute atomic E-state index is 0. The van der Waals surface area contributed by atoms with Crippen LogP contribution in [-0.2, 0) is 20.4 Å². The minimum atomic E-state index is -0.139. The van der Waals surface area contributed by atoms with Crippen molar-refractivity contribution in [3.63, 3.8) is 0 Å². The van der Waals surface area contributed by atoms with Crippen LogP contribution in [0.1, 0.15) is 27.1 Å². The van der Waals surface area contributed by atoms with Crippen molar-refractivity contribution in [1.29, 1.82) is 0 Å². The molecule has 0 N–H and O–H groups in total. The molecular formula is C15H12O2Pd. The zero-order valence-corrected chi connectivity index (χ0v) is 11.2. The number of Topliss-reactive ketones (excluding diaryl/α,β-unsaturated/α-hetero) is 2. The van der Waals surface area contributed by atoms with E-state index in [1.165, 1.54) is 0 Å². The molecule has 0 radical (unpaired) electrons. The summed E-state index contributed by atoms with van der Waals surface area (Å²) in [7, 11) is 0. The molecule has 0 aliphatic rings. The molecule has 0 amide bonds. The van der Waals surface area contributed by atoms with E-state index in [0.29, 0.717) is 11.1 Å². The standard InChI is InChI=1S/C15H12O2.Pd/c16-14(12-7-3-1-4-8-12)11-15(17)13-9-5-2-6-10-13;/h1-10H,11H2;. The van der Waals surface area contributed by atoms with Crippen molar-refractivity contribution < 1.29 is 30.0 Å². The van der Waals surface area contributed by atoms with E-state index in [2.05, 4.69) is 0 Å². The van der Waals surface area contributed by atoms with Crippen LogP contribution >= 0.6 is 0 Å². The van der Waals surface area contributed by atoms with Gasteiger partial charge >= 0.3 is 0 Å². The summed E-state index contributed by atoms with van der Waals surface area (Å²) in [6.07, 6.45) is -0.0754. The predicted molar refractivity (Wildman–Crippen MR) is 66.2 cm³/mol. The first kappa shape index (κ1) is 14.5. The first-order chi connectivity index (χ1) is 8.27. The van der Waals surface area contributed by atoms with Crippen LogP contribution in [0.4, 0.5) is 0 Å². The Morgan fingerprint density at radius 1 is 0.667 bits per heavy atom. The molecule has 0 bridgehead atoms. The van der Waals surface area contributed by atoms with Crippen LogP contribution in [-0.4, -0.2) is 11.6 Å². The first-order valence-corrected chi connectivity index (χ1v) is 5.44. The summed E-state index contributed by atoms with van der Waals surface area (Å²) in [6.45, 7) is 0. The molecule has 0 atom stereocenters. The van der Waals surface area contributed by atoms with Crippen molar-refractivity contribution in [1.82, 2.24) is 0 Å². The summed E-state index contributed by atoms with van der Waals surface area (Å²) >= 11 is 0. The Bertz CT molecular complexity index is 471. The van der Waals surface area contributed by atoms with Crippen LogP contribution in [0.3, 0.4) is 0 Å². The smallest absolute Gasteiger partial charge is 0.170 e. The largest absolute Gasteiger partial charge is 0.294 e. The van der Waals surface area contributed by atoms with Gasteiger partial charge in [0, 0.05) is 31.5 Å². The fourth-order valence-electron chi connectivity index (χ4n) is 1.60. The molecule has 0 aromatic heterocycles. The van der Waals surface area contributed by atoms with E-state index in [1.54, 1.807) is 48.5 Å². The third kappa shape index (κ3) is 3.73. The van der Waals surface area contributed by atoms with E-state index in [4.69, 9.17) is 0 Å². The Kier molecular flexibility index (Phi) is 5.64. The number of carbonyl (C=O) groups is 2. The molecule has 18 heavy (non-hydrogen) atoms. The average molecular weight is 331 g/mol. The topological polar surface area (TPSA) is 34.1 Å². The minimum Gasteiger partial charge on any atom is -0.294 e. The third-order valence-corrected chi connectivity index (χ3v) is 2.51. The molecule has 2 nitrogen and oxygen atoms in total. The van der Waals surface area contributed by atoms with Crippen molar-refractivity contribution in [2.75, 3.05) is 0 Å². The summed E-state index contributed by atoms with van der Waals surface area (Å²) in [5.41, 5.74) is 1.16. The van der Waals surface area contributed by atoms with E-state index in [-0.39, 0.29) is 38.4 Å². The van der Waals surface area contributed by atoms with Crippen LogP contribution in [0.5, 0.6) is 0 Å². The fourth-order valence-corrected chi connectivity index (χ4v) is 1.60. The zero-order chi connectivity index (χ0) is 12.1. The predicted octanol–water partition coefficient (Wildman–Crippen LogP) is 3.14. The van der Waals surface area contributed by atoms with Crippen LogP contribution < -0.4 is 0 Å². The van der Waals surface area contributed by atoms with Gasteiger partial charge in [0.2, 0.25) is 0 Å². The Balaban J connectivity index is 0.00000162. The van der Waals surface area contributed by atoms with Crippen LogP contribution in [0.2, 0.25) is 0 Å². The van der Waals surface area contributed by atoms with Gasteiger partial charge < -0.3 is 0 Å². The van der Waals surface area contributed by atoms with E-state index < -0.39 is 0 Å². The van der Waals surface area contributed by atoms with Gasteiger partial charge in [-0.05, 0) is 0 Å². The van der Waals surface area contributed by atoms with Crippen molar-refractivity contribution in [3.8, 4) is 0 Å². The van der Waals surface area contributed by atoms with Crippen molar-refractivity contribution in [2.24, 2.45) is 0 Å². The van der Waals surface area contributed by atoms with Crippen molar-refractivity contribution in [3.05, 3.63) is 71.8 Å². The summed E-state index contributed by atoms with van der Waals surface area (Å²) in [6, 6.07) is 17.7. The van der Waals surface area contributed by atoms with Crippen molar-refractivity contribution >= 4 is 11.6 Å². The average Bonchev–Trinajstić information content (AvgIpc) is 2.40. The molecule has 0 unspecified atom stereocenters. The maximum Gasteiger partial charge on any atom is 0.170 e. The van der Waals surface area contributed by atoms with E-state index in [0.717, 1.165) is 0 Å². The van der Waals surface area contributed by atoms with Gasteiger partial charge in [0.05, 0.1) is 6.42 Å². The Morgan fingerprint density at radius 2 is 1.00 bits per heavy atom. The fraction of sp³-hybridized carbons (Fsp3) is 0.0667. The zero-order valence-electron chi connectivity index (χ0n) is 9.61. The number of carbonyl (C=O) groups excluding carboxylic acids is 2. The summed E-state index contributed by atoms with van der Waals surface area (Å²) in [5.74, 6) is -0.279. The number of hydrogen-bond donors (Lipinski definition) is 0. The molecule has 0 aliphatic carbocycles. The third-order valence-electron chi connectivity index (χ3n) is 2.51. The summed E-state index contributed by atoms with van der Waals surface area (Å²) < 4.78 is 0. The van der Waals surface area contributed by atoms with Gasteiger partial charge in [-0.15, -0.1) is 0 Å². The molecule has 0 spiro atoms. The van der Waals surface area contributed by atoms with Gasteiger partial charge in [0.1, 0.15) is 0 Å². The summed E-state index contributed by atoms with van der Waals surface area (Å²) in [5, 5.41) is 0. The number of ketones is 2. The molecule has 0 saturated heterocycles. The number of hydrogen-bond acceptors (Lipinski definition) is 2. The number of rotatable bonds is 4. The summed E-state index contributed by atoms with van der Waals surface area (Å²) in [4.78, 5) is 23.6. The first-order valence-electron chi connectivity index (χ1n) is 5.44. The van der Waals surface area contributed by atoms with Crippen LogP contribution in [0.25, 0.3) is 0 Å². The molecule has 2 aromatic carbocycles. The maximum atomic E-state index is 11.8. The van der Waals surface area contributed by atoms with Crippen molar-refractivity contribution in [2.45, 2.75) is 6.42 Å². The SMILES string of the molecule is O=C(CC(=O)c1ccccc1)c1ccccc1.[Pd]. The van der Waals surface area contributed by atoms with E-state index in [9.17, 15) is 9.59 Å². The van der Waals surface area contributed by atoms with Gasteiger partial charge in [0.25, 0.3) is 0 Å². The normalized spacial score (nSPS) is 9.33. The molecule has 0 saturated carbocycles. The number of benzene rings is 2. The van der Waals surface area contributed by atoms with Gasteiger partial charge in [-0.3, -0.25) is 9.59 Å². The second-order valence-corrected chi connectivity index (χ2v) is 3.76. The molecule has 2 rings (SSSR count). The van der Waals surface area contributed by atoms with Crippen LogP contribution in [0.15, 0.2) is 60.7 Å². The van der Waals surface area contributed by atoms with Gasteiger partial charge in [-0.2, -0.15) is 0 Å².